The highest BCUT2D eigenvalue weighted by molar-refractivity contribution is 6.32. The molecular formula is C10H13ClFN3O2. The van der Waals surface area contributed by atoms with Crippen molar-refractivity contribution < 1.29 is 9.13 Å². The van der Waals surface area contributed by atoms with Gasteiger partial charge >= 0.3 is 0 Å². The Morgan fingerprint density at radius 1 is 1.71 bits per heavy atom. The molecule has 0 saturated carbocycles. The lowest BCUT2D eigenvalue weighted by molar-refractivity contribution is -0.0234. The van der Waals surface area contributed by atoms with Gasteiger partial charge in [-0.05, 0) is 12.8 Å². The summed E-state index contributed by atoms with van der Waals surface area (Å²) in [6, 6.07) is 0. The van der Waals surface area contributed by atoms with Crippen LogP contribution in [0, 0.1) is 0 Å². The van der Waals surface area contributed by atoms with Gasteiger partial charge in [-0.1, -0.05) is 11.6 Å². The van der Waals surface area contributed by atoms with Crippen molar-refractivity contribution in [2.75, 3.05) is 25.1 Å². The standard InChI is InChI=1S/C10H13ClFN3O2/c11-8-7(4-14-15-9(8)16)13-5-10(12)2-1-3-17-6-10/h4H,1-3,5-6H2,(H2,13,15,16)/t10-/m1/s1. The second-order valence-electron chi connectivity index (χ2n) is 4.09. The van der Waals surface area contributed by atoms with E-state index in [1.807, 2.05) is 0 Å². The maximum Gasteiger partial charge on any atom is 0.285 e. The molecule has 5 nitrogen and oxygen atoms in total. The first-order valence-corrected chi connectivity index (χ1v) is 5.72. The van der Waals surface area contributed by atoms with E-state index in [-0.39, 0.29) is 18.2 Å². The lowest BCUT2D eigenvalue weighted by Gasteiger charge is -2.29. The molecule has 2 heterocycles. The van der Waals surface area contributed by atoms with Crippen molar-refractivity contribution in [3.8, 4) is 0 Å². The Labute approximate surface area is 102 Å². The topological polar surface area (TPSA) is 67.0 Å². The molecule has 1 fully saturated rings. The number of hydrogen-bond acceptors (Lipinski definition) is 4. The van der Waals surface area contributed by atoms with Gasteiger partial charge in [0.05, 0.1) is 25.0 Å². The number of hydrogen-bond donors (Lipinski definition) is 2. The minimum absolute atomic E-state index is 0.0136. The predicted octanol–water partition coefficient (Wildman–Crippen LogP) is 1.35. The van der Waals surface area contributed by atoms with Crippen LogP contribution >= 0.6 is 11.6 Å². The van der Waals surface area contributed by atoms with Crippen molar-refractivity contribution in [2.24, 2.45) is 0 Å². The number of anilines is 1. The smallest absolute Gasteiger partial charge is 0.285 e. The molecule has 2 rings (SSSR count). The second-order valence-corrected chi connectivity index (χ2v) is 4.47. The molecule has 0 bridgehead atoms. The quantitative estimate of drug-likeness (QED) is 0.862. The summed E-state index contributed by atoms with van der Waals surface area (Å²) >= 11 is 5.76. The summed E-state index contributed by atoms with van der Waals surface area (Å²) in [5.41, 5.74) is -1.58. The molecule has 1 aromatic rings. The number of halogens is 2. The minimum Gasteiger partial charge on any atom is -0.379 e. The fraction of sp³-hybridized carbons (Fsp3) is 0.600. The molecule has 1 atom stereocenters. The minimum atomic E-state index is -1.41. The molecule has 94 valence electrons. The Hall–Kier alpha value is -1.14. The van der Waals surface area contributed by atoms with Crippen molar-refractivity contribution in [1.29, 1.82) is 0 Å². The number of nitrogens with zero attached hydrogens (tertiary/aromatic N) is 1. The monoisotopic (exact) mass is 261 g/mol. The average Bonchev–Trinajstić information content (AvgIpc) is 2.32. The highest BCUT2D eigenvalue weighted by Crippen LogP contribution is 2.25. The molecule has 0 unspecified atom stereocenters. The van der Waals surface area contributed by atoms with Crippen LogP contribution in [0.1, 0.15) is 12.8 Å². The number of aromatic amines is 1. The first-order valence-electron chi connectivity index (χ1n) is 5.34. The highest BCUT2D eigenvalue weighted by Gasteiger charge is 2.32. The summed E-state index contributed by atoms with van der Waals surface area (Å²) in [5.74, 6) is 0. The largest absolute Gasteiger partial charge is 0.379 e. The molecule has 17 heavy (non-hydrogen) atoms. The number of aromatic nitrogens is 2. The zero-order valence-electron chi connectivity index (χ0n) is 9.13. The fourth-order valence-electron chi connectivity index (χ4n) is 1.72. The van der Waals surface area contributed by atoms with Gasteiger partial charge in [0.15, 0.2) is 5.67 Å². The highest BCUT2D eigenvalue weighted by atomic mass is 35.5. The zero-order chi connectivity index (χ0) is 12.3. The first kappa shape index (κ1) is 12.3. The average molecular weight is 262 g/mol. The summed E-state index contributed by atoms with van der Waals surface area (Å²) in [6.07, 6.45) is 2.49. The Morgan fingerprint density at radius 2 is 2.53 bits per heavy atom. The van der Waals surface area contributed by atoms with Gasteiger partial charge in [-0.15, -0.1) is 0 Å². The van der Waals surface area contributed by atoms with Gasteiger partial charge in [0.25, 0.3) is 5.56 Å². The van der Waals surface area contributed by atoms with Gasteiger partial charge < -0.3 is 10.1 Å². The molecule has 0 aromatic carbocycles. The van der Waals surface area contributed by atoms with Gasteiger partial charge in [-0.25, -0.2) is 9.49 Å². The maximum absolute atomic E-state index is 14.2. The summed E-state index contributed by atoms with van der Waals surface area (Å²) < 4.78 is 19.2. The number of nitrogens with one attached hydrogen (secondary N) is 2. The Morgan fingerprint density at radius 3 is 3.24 bits per heavy atom. The number of alkyl halides is 1. The van der Waals surface area contributed by atoms with Gasteiger partial charge in [0.1, 0.15) is 5.02 Å². The van der Waals surface area contributed by atoms with E-state index < -0.39 is 11.2 Å². The van der Waals surface area contributed by atoms with Crippen molar-refractivity contribution in [1.82, 2.24) is 10.2 Å². The van der Waals surface area contributed by atoms with Crippen molar-refractivity contribution >= 4 is 17.3 Å². The third-order valence-corrected chi connectivity index (χ3v) is 3.04. The lowest BCUT2D eigenvalue weighted by atomic mass is 9.99. The molecule has 2 N–H and O–H groups in total. The zero-order valence-corrected chi connectivity index (χ0v) is 9.89. The van der Waals surface area contributed by atoms with E-state index in [9.17, 15) is 9.18 Å². The van der Waals surface area contributed by atoms with Crippen LogP contribution in [-0.2, 0) is 4.74 Å². The summed E-state index contributed by atoms with van der Waals surface area (Å²) in [5, 5.41) is 8.57. The number of rotatable bonds is 3. The third-order valence-electron chi connectivity index (χ3n) is 2.67. The predicted molar refractivity (Wildman–Crippen MR) is 62.2 cm³/mol. The normalized spacial score (nSPS) is 24.6. The fourth-order valence-corrected chi connectivity index (χ4v) is 1.88. The molecule has 1 aromatic heterocycles. The van der Waals surface area contributed by atoms with Crippen LogP contribution in [0.25, 0.3) is 0 Å². The van der Waals surface area contributed by atoms with E-state index >= 15 is 0 Å². The molecule has 0 radical (unpaired) electrons. The second kappa shape index (κ2) is 5.01. The van der Waals surface area contributed by atoms with E-state index in [2.05, 4.69) is 15.5 Å². The summed E-state index contributed by atoms with van der Waals surface area (Å²) in [7, 11) is 0. The van der Waals surface area contributed by atoms with E-state index in [1.54, 1.807) is 0 Å². The van der Waals surface area contributed by atoms with E-state index in [0.717, 1.165) is 0 Å². The Kier molecular flexibility index (Phi) is 3.63. The number of ether oxygens (including phenoxy) is 1. The lowest BCUT2D eigenvalue weighted by Crippen LogP contribution is -2.40. The van der Waals surface area contributed by atoms with Crippen molar-refractivity contribution in [2.45, 2.75) is 18.5 Å². The summed E-state index contributed by atoms with van der Waals surface area (Å²) in [6.45, 7) is 0.713. The molecule has 1 saturated heterocycles. The molecule has 1 aliphatic heterocycles. The molecule has 1 aliphatic rings. The molecular weight excluding hydrogens is 249 g/mol. The molecule has 0 spiro atoms. The molecule has 0 amide bonds. The number of H-pyrrole nitrogens is 1. The van der Waals surface area contributed by atoms with Crippen molar-refractivity contribution in [3.63, 3.8) is 0 Å². The molecule has 7 heteroatoms. The Bertz CT molecular complexity index is 445. The van der Waals surface area contributed by atoms with Crippen LogP contribution in [0.4, 0.5) is 10.1 Å². The van der Waals surface area contributed by atoms with Gasteiger partial charge in [-0.2, -0.15) is 5.10 Å². The van der Waals surface area contributed by atoms with Gasteiger partial charge in [0, 0.05) is 6.61 Å². The van der Waals surface area contributed by atoms with Crippen LogP contribution < -0.4 is 10.9 Å². The summed E-state index contributed by atoms with van der Waals surface area (Å²) in [4.78, 5) is 11.2. The first-order chi connectivity index (χ1) is 8.11. The van der Waals surface area contributed by atoms with Gasteiger partial charge in [-0.3, -0.25) is 4.79 Å². The van der Waals surface area contributed by atoms with Gasteiger partial charge in [0.2, 0.25) is 0 Å². The van der Waals surface area contributed by atoms with Crippen molar-refractivity contribution in [3.05, 3.63) is 21.6 Å². The Balaban J connectivity index is 2.02. The van der Waals surface area contributed by atoms with Crippen LogP contribution in [0.3, 0.4) is 0 Å². The van der Waals surface area contributed by atoms with E-state index in [1.165, 1.54) is 6.20 Å². The van der Waals surface area contributed by atoms with Crippen LogP contribution in [-0.4, -0.2) is 35.6 Å². The van der Waals surface area contributed by atoms with Crippen LogP contribution in [0.5, 0.6) is 0 Å². The molecule has 0 aliphatic carbocycles. The van der Waals surface area contributed by atoms with E-state index in [4.69, 9.17) is 16.3 Å². The maximum atomic E-state index is 14.2. The third kappa shape index (κ3) is 2.95. The van der Waals surface area contributed by atoms with E-state index in [0.29, 0.717) is 25.1 Å². The van der Waals surface area contributed by atoms with Crippen LogP contribution in [0.15, 0.2) is 11.0 Å². The van der Waals surface area contributed by atoms with Crippen LogP contribution in [0.2, 0.25) is 5.02 Å². The SMILES string of the molecule is O=c1[nH]ncc(NC[C@]2(F)CCCOC2)c1Cl.